The van der Waals surface area contributed by atoms with Crippen LogP contribution in [-0.2, 0) is 0 Å². The molecule has 20 heavy (non-hydrogen) atoms. The molecule has 6 heteroatoms. The monoisotopic (exact) mass is 301 g/mol. The average Bonchev–Trinajstić information content (AvgIpc) is 2.38. The second-order valence-corrected chi connectivity index (χ2v) is 4.53. The first-order valence-electron chi connectivity index (χ1n) is 5.72. The number of rotatable bonds is 4. The first-order chi connectivity index (χ1) is 9.47. The first-order valence-corrected chi connectivity index (χ1v) is 6.10. The van der Waals surface area contributed by atoms with Gasteiger partial charge in [0.15, 0.2) is 0 Å². The fourth-order valence-corrected chi connectivity index (χ4v) is 1.95. The van der Waals surface area contributed by atoms with Crippen molar-refractivity contribution in [3.8, 4) is 5.75 Å². The number of nitrogens with two attached hydrogens (primary N) is 1. The summed E-state index contributed by atoms with van der Waals surface area (Å²) in [6, 6.07) is 9.22. The highest BCUT2D eigenvalue weighted by Gasteiger charge is 2.14. The number of alkyl halides is 2. The van der Waals surface area contributed by atoms with Crippen LogP contribution in [0.5, 0.6) is 5.75 Å². The maximum Gasteiger partial charge on any atom is 0.387 e. The van der Waals surface area contributed by atoms with E-state index in [1.54, 1.807) is 0 Å². The summed E-state index contributed by atoms with van der Waals surface area (Å²) >= 11 is 5.67. The number of hydrogen-bond donors (Lipinski definition) is 1. The van der Waals surface area contributed by atoms with E-state index in [4.69, 9.17) is 17.3 Å². The van der Waals surface area contributed by atoms with Gasteiger partial charge in [-0.15, -0.1) is 0 Å². The van der Waals surface area contributed by atoms with Gasteiger partial charge in [0, 0.05) is 10.6 Å². The van der Waals surface area contributed by atoms with Crippen molar-refractivity contribution in [2.75, 3.05) is 0 Å². The summed E-state index contributed by atoms with van der Waals surface area (Å²) in [6.45, 7) is -2.89. The van der Waals surface area contributed by atoms with Crippen LogP contribution < -0.4 is 10.5 Å². The Bertz CT molecular complexity index is 589. The summed E-state index contributed by atoms with van der Waals surface area (Å²) in [4.78, 5) is 0. The lowest BCUT2D eigenvalue weighted by Crippen LogP contribution is -2.13. The third-order valence-electron chi connectivity index (χ3n) is 2.76. The van der Waals surface area contributed by atoms with Crippen LogP contribution in [-0.4, -0.2) is 6.61 Å². The predicted molar refractivity (Wildman–Crippen MR) is 70.5 cm³/mol. The summed E-state index contributed by atoms with van der Waals surface area (Å²) in [6.07, 6.45) is 0. The van der Waals surface area contributed by atoms with Gasteiger partial charge in [-0.3, -0.25) is 0 Å². The van der Waals surface area contributed by atoms with E-state index in [1.807, 2.05) is 0 Å². The molecular weight excluding hydrogens is 291 g/mol. The van der Waals surface area contributed by atoms with E-state index in [9.17, 15) is 13.2 Å². The largest absolute Gasteiger partial charge is 0.435 e. The summed E-state index contributed by atoms with van der Waals surface area (Å²) in [5.74, 6) is -0.495. The van der Waals surface area contributed by atoms with Crippen LogP contribution in [0.25, 0.3) is 0 Å². The minimum atomic E-state index is -2.89. The van der Waals surface area contributed by atoms with E-state index in [2.05, 4.69) is 4.74 Å². The Morgan fingerprint density at radius 1 is 1.05 bits per heavy atom. The van der Waals surface area contributed by atoms with Crippen molar-refractivity contribution in [2.24, 2.45) is 5.73 Å². The van der Waals surface area contributed by atoms with Crippen LogP contribution >= 0.6 is 11.6 Å². The van der Waals surface area contributed by atoms with E-state index < -0.39 is 18.5 Å². The molecule has 0 aromatic heterocycles. The van der Waals surface area contributed by atoms with Gasteiger partial charge in [0.25, 0.3) is 0 Å². The lowest BCUT2D eigenvalue weighted by atomic mass is 9.99. The molecule has 1 atom stereocenters. The molecule has 0 fully saturated rings. The van der Waals surface area contributed by atoms with Gasteiger partial charge in [-0.1, -0.05) is 29.8 Å². The lowest BCUT2D eigenvalue weighted by Gasteiger charge is -2.14. The molecular formula is C14H11ClF3NO. The van der Waals surface area contributed by atoms with Crippen LogP contribution in [0.15, 0.2) is 42.5 Å². The molecule has 0 saturated heterocycles. The van der Waals surface area contributed by atoms with Crippen molar-refractivity contribution < 1.29 is 17.9 Å². The topological polar surface area (TPSA) is 35.2 Å². The van der Waals surface area contributed by atoms with E-state index in [-0.39, 0.29) is 16.3 Å². The first kappa shape index (κ1) is 14.7. The number of halogens is 4. The number of ether oxygens (including phenoxy) is 1. The van der Waals surface area contributed by atoms with Crippen molar-refractivity contribution >= 4 is 11.6 Å². The van der Waals surface area contributed by atoms with Crippen LogP contribution in [0.2, 0.25) is 5.02 Å². The minimum absolute atomic E-state index is 0.0209. The van der Waals surface area contributed by atoms with Crippen molar-refractivity contribution in [1.82, 2.24) is 0 Å². The molecule has 0 saturated carbocycles. The van der Waals surface area contributed by atoms with Crippen molar-refractivity contribution in [1.29, 1.82) is 0 Å². The third-order valence-corrected chi connectivity index (χ3v) is 3.00. The van der Waals surface area contributed by atoms with Crippen molar-refractivity contribution in [3.05, 3.63) is 64.4 Å². The highest BCUT2D eigenvalue weighted by Crippen LogP contribution is 2.26. The van der Waals surface area contributed by atoms with Gasteiger partial charge < -0.3 is 10.5 Å². The molecule has 1 unspecified atom stereocenters. The Morgan fingerprint density at radius 3 is 2.25 bits per heavy atom. The zero-order valence-corrected chi connectivity index (χ0v) is 10.9. The average molecular weight is 302 g/mol. The summed E-state index contributed by atoms with van der Waals surface area (Å²) in [5, 5.41) is 0.277. The molecule has 0 bridgehead atoms. The maximum absolute atomic E-state index is 13.7. The molecule has 0 aliphatic carbocycles. The maximum atomic E-state index is 13.7. The van der Waals surface area contributed by atoms with Crippen LogP contribution in [0.4, 0.5) is 13.2 Å². The van der Waals surface area contributed by atoms with Crippen LogP contribution in [0.3, 0.4) is 0 Å². The molecule has 106 valence electrons. The van der Waals surface area contributed by atoms with Crippen LogP contribution in [0, 0.1) is 5.82 Å². The highest BCUT2D eigenvalue weighted by atomic mass is 35.5. The van der Waals surface area contributed by atoms with E-state index in [0.717, 1.165) is 0 Å². The third kappa shape index (κ3) is 3.43. The van der Waals surface area contributed by atoms with E-state index in [0.29, 0.717) is 5.56 Å². The second kappa shape index (κ2) is 6.15. The Labute approximate surface area is 118 Å². The van der Waals surface area contributed by atoms with Gasteiger partial charge in [0.05, 0.1) is 6.04 Å². The molecule has 2 aromatic rings. The lowest BCUT2D eigenvalue weighted by molar-refractivity contribution is -0.0498. The van der Waals surface area contributed by atoms with Crippen molar-refractivity contribution in [2.45, 2.75) is 12.7 Å². The summed E-state index contributed by atoms with van der Waals surface area (Å²) in [7, 11) is 0. The fourth-order valence-electron chi connectivity index (χ4n) is 1.79. The molecule has 0 aliphatic heterocycles. The minimum Gasteiger partial charge on any atom is -0.435 e. The predicted octanol–water partition coefficient (Wildman–Crippen LogP) is 4.13. The molecule has 2 N–H and O–H groups in total. The van der Waals surface area contributed by atoms with Gasteiger partial charge in [0.2, 0.25) is 0 Å². The van der Waals surface area contributed by atoms with E-state index in [1.165, 1.54) is 42.5 Å². The van der Waals surface area contributed by atoms with Gasteiger partial charge in [-0.25, -0.2) is 4.39 Å². The highest BCUT2D eigenvalue weighted by molar-refractivity contribution is 6.30. The second-order valence-electron chi connectivity index (χ2n) is 4.09. The molecule has 0 heterocycles. The standard InChI is InChI=1S/C14H11ClF3NO/c15-9-3-6-11(12(16)7-9)13(19)8-1-4-10(5-2-8)20-14(17)18/h1-7,13-14H,19H2. The van der Waals surface area contributed by atoms with Gasteiger partial charge in [-0.2, -0.15) is 8.78 Å². The Morgan fingerprint density at radius 2 is 1.70 bits per heavy atom. The molecule has 2 rings (SSSR count). The van der Waals surface area contributed by atoms with E-state index >= 15 is 0 Å². The Hall–Kier alpha value is -1.72. The van der Waals surface area contributed by atoms with Gasteiger partial charge in [0.1, 0.15) is 11.6 Å². The molecule has 0 amide bonds. The SMILES string of the molecule is NC(c1ccc(OC(F)F)cc1)c1ccc(Cl)cc1F. The molecule has 0 radical (unpaired) electrons. The molecule has 0 spiro atoms. The van der Waals surface area contributed by atoms with Gasteiger partial charge in [-0.05, 0) is 29.8 Å². The summed E-state index contributed by atoms with van der Waals surface area (Å²) < 4.78 is 42.0. The zero-order valence-electron chi connectivity index (χ0n) is 10.2. The van der Waals surface area contributed by atoms with Crippen molar-refractivity contribution in [3.63, 3.8) is 0 Å². The summed E-state index contributed by atoms with van der Waals surface area (Å²) in [5.41, 5.74) is 6.80. The van der Waals surface area contributed by atoms with Crippen LogP contribution in [0.1, 0.15) is 17.2 Å². The fraction of sp³-hybridized carbons (Fsp3) is 0.143. The quantitative estimate of drug-likeness (QED) is 0.921. The molecule has 0 aliphatic rings. The number of benzene rings is 2. The molecule has 2 nitrogen and oxygen atoms in total. The number of hydrogen-bond acceptors (Lipinski definition) is 2. The Balaban J connectivity index is 2.22. The zero-order chi connectivity index (χ0) is 14.7. The molecule has 2 aromatic carbocycles. The van der Waals surface area contributed by atoms with Gasteiger partial charge >= 0.3 is 6.61 Å². The smallest absolute Gasteiger partial charge is 0.387 e. The normalized spacial score (nSPS) is 12.5. The Kier molecular flexibility index (Phi) is 4.52.